The van der Waals surface area contributed by atoms with Gasteiger partial charge in [0, 0.05) is 13.0 Å². The molecule has 1 rings (SSSR count). The molecule has 0 aliphatic rings. The number of carbonyl (C=O) groups is 1. The van der Waals surface area contributed by atoms with Crippen LogP contribution in [-0.2, 0) is 16.0 Å². The second kappa shape index (κ2) is 10.1. The first-order chi connectivity index (χ1) is 11.3. The van der Waals surface area contributed by atoms with E-state index in [1.807, 2.05) is 25.1 Å². The predicted octanol–water partition coefficient (Wildman–Crippen LogP) is 3.46. The summed E-state index contributed by atoms with van der Waals surface area (Å²) in [6.07, 6.45) is 5.24. The van der Waals surface area contributed by atoms with Gasteiger partial charge in [-0.1, -0.05) is 61.1 Å². The summed E-state index contributed by atoms with van der Waals surface area (Å²) < 4.78 is 5.62. The molecule has 0 heterocycles. The molecule has 0 saturated carbocycles. The van der Waals surface area contributed by atoms with E-state index in [1.54, 1.807) is 13.2 Å². The van der Waals surface area contributed by atoms with Gasteiger partial charge in [0.2, 0.25) is 0 Å². The number of rotatable bonds is 9. The van der Waals surface area contributed by atoms with Crippen LogP contribution in [0.4, 0.5) is 0 Å². The van der Waals surface area contributed by atoms with Gasteiger partial charge >= 0.3 is 5.97 Å². The summed E-state index contributed by atoms with van der Waals surface area (Å²) >= 11 is 0. The summed E-state index contributed by atoms with van der Waals surface area (Å²) in [6, 6.07) is 10.2. The van der Waals surface area contributed by atoms with Crippen molar-refractivity contribution in [3.63, 3.8) is 0 Å². The van der Waals surface area contributed by atoms with E-state index in [9.17, 15) is 9.90 Å². The minimum absolute atomic E-state index is 0.0543. The van der Waals surface area contributed by atoms with E-state index < -0.39 is 18.0 Å². The number of carboxylic acids is 1. The van der Waals surface area contributed by atoms with Crippen molar-refractivity contribution < 1.29 is 19.7 Å². The number of hydrogen-bond acceptors (Lipinski definition) is 3. The molecule has 4 nitrogen and oxygen atoms in total. The molecule has 0 spiro atoms. The Bertz CT molecular complexity index is 562. The average Bonchev–Trinajstić information content (AvgIpc) is 2.57. The van der Waals surface area contributed by atoms with Crippen molar-refractivity contribution >= 4 is 5.97 Å². The summed E-state index contributed by atoms with van der Waals surface area (Å²) in [6.45, 7) is 5.50. The summed E-state index contributed by atoms with van der Waals surface area (Å²) in [5, 5.41) is 18.7. The molecule has 0 saturated heterocycles. The van der Waals surface area contributed by atoms with E-state index in [0.717, 1.165) is 12.0 Å². The van der Waals surface area contributed by atoms with Crippen LogP contribution in [0.5, 0.6) is 0 Å². The third kappa shape index (κ3) is 6.69. The fourth-order valence-electron chi connectivity index (χ4n) is 2.47. The van der Waals surface area contributed by atoms with Gasteiger partial charge in [-0.05, 0) is 25.8 Å². The highest BCUT2D eigenvalue weighted by Crippen LogP contribution is 2.17. The zero-order valence-corrected chi connectivity index (χ0v) is 14.8. The molecule has 0 radical (unpaired) electrons. The van der Waals surface area contributed by atoms with Crippen LogP contribution in [0.3, 0.4) is 0 Å². The lowest BCUT2D eigenvalue weighted by Gasteiger charge is -2.21. The molecule has 1 aromatic rings. The second-order valence-corrected chi connectivity index (χ2v) is 6.21. The SMILES string of the molecule is CO[C@@H](Cc1ccccc1)[C@@H](C)/C=C(C)/C=C/[C@@H](O)[C@H](C)C(=O)O. The molecule has 2 N–H and O–H groups in total. The Morgan fingerprint density at radius 1 is 1.25 bits per heavy atom. The lowest BCUT2D eigenvalue weighted by Crippen LogP contribution is -2.23. The lowest BCUT2D eigenvalue weighted by molar-refractivity contribution is -0.143. The molecule has 24 heavy (non-hydrogen) atoms. The highest BCUT2D eigenvalue weighted by Gasteiger charge is 2.18. The molecule has 4 atom stereocenters. The van der Waals surface area contributed by atoms with Crippen molar-refractivity contribution in [2.24, 2.45) is 11.8 Å². The fraction of sp³-hybridized carbons (Fsp3) is 0.450. The van der Waals surface area contributed by atoms with Gasteiger partial charge in [0.05, 0.1) is 18.1 Å². The van der Waals surface area contributed by atoms with Crippen LogP contribution in [0, 0.1) is 11.8 Å². The van der Waals surface area contributed by atoms with Crippen LogP contribution in [0.1, 0.15) is 26.3 Å². The van der Waals surface area contributed by atoms with Crippen molar-refractivity contribution in [1.82, 2.24) is 0 Å². The Morgan fingerprint density at radius 3 is 2.42 bits per heavy atom. The highest BCUT2D eigenvalue weighted by molar-refractivity contribution is 5.70. The third-order valence-corrected chi connectivity index (χ3v) is 4.15. The zero-order valence-electron chi connectivity index (χ0n) is 14.8. The number of benzene rings is 1. The van der Waals surface area contributed by atoms with Gasteiger partial charge in [-0.25, -0.2) is 0 Å². The number of aliphatic hydroxyl groups is 1. The van der Waals surface area contributed by atoms with E-state index in [-0.39, 0.29) is 12.0 Å². The van der Waals surface area contributed by atoms with Crippen molar-refractivity contribution in [2.75, 3.05) is 7.11 Å². The number of carboxylic acid groups (broad SMARTS) is 1. The predicted molar refractivity (Wildman–Crippen MR) is 95.8 cm³/mol. The first-order valence-corrected chi connectivity index (χ1v) is 8.19. The maximum atomic E-state index is 10.8. The zero-order chi connectivity index (χ0) is 18.1. The molecule has 1 aromatic carbocycles. The van der Waals surface area contributed by atoms with Crippen molar-refractivity contribution in [3.05, 3.63) is 59.7 Å². The number of hydrogen-bond donors (Lipinski definition) is 2. The largest absolute Gasteiger partial charge is 0.481 e. The lowest BCUT2D eigenvalue weighted by atomic mass is 9.95. The monoisotopic (exact) mass is 332 g/mol. The average molecular weight is 332 g/mol. The fourth-order valence-corrected chi connectivity index (χ4v) is 2.47. The van der Waals surface area contributed by atoms with E-state index in [0.29, 0.717) is 0 Å². The normalized spacial score (nSPS) is 17.5. The molecule has 0 fully saturated rings. The van der Waals surface area contributed by atoms with Gasteiger partial charge in [-0.2, -0.15) is 0 Å². The molecule has 132 valence electrons. The van der Waals surface area contributed by atoms with Crippen LogP contribution in [0.2, 0.25) is 0 Å². The van der Waals surface area contributed by atoms with Crippen LogP contribution >= 0.6 is 0 Å². The van der Waals surface area contributed by atoms with Crippen molar-refractivity contribution in [2.45, 2.75) is 39.4 Å². The quantitative estimate of drug-likeness (QED) is 0.680. The Labute approximate surface area is 144 Å². The number of methoxy groups -OCH3 is 1. The van der Waals surface area contributed by atoms with Gasteiger partial charge in [0.15, 0.2) is 0 Å². The molecule has 0 amide bonds. The highest BCUT2D eigenvalue weighted by atomic mass is 16.5. The molecule has 0 bridgehead atoms. The van der Waals surface area contributed by atoms with E-state index in [1.165, 1.54) is 18.6 Å². The van der Waals surface area contributed by atoms with Crippen LogP contribution < -0.4 is 0 Å². The Kier molecular flexibility index (Phi) is 8.44. The summed E-state index contributed by atoms with van der Waals surface area (Å²) in [5.74, 6) is -1.64. The number of allylic oxidation sites excluding steroid dienone is 2. The smallest absolute Gasteiger partial charge is 0.309 e. The van der Waals surface area contributed by atoms with Crippen molar-refractivity contribution in [3.8, 4) is 0 Å². The third-order valence-electron chi connectivity index (χ3n) is 4.15. The van der Waals surface area contributed by atoms with E-state index in [2.05, 4.69) is 25.1 Å². The molecule has 0 unspecified atom stereocenters. The Morgan fingerprint density at radius 2 is 1.88 bits per heavy atom. The topological polar surface area (TPSA) is 66.8 Å². The molecule has 4 heteroatoms. The molecule has 0 aliphatic carbocycles. The maximum absolute atomic E-state index is 10.8. The molecule has 0 aromatic heterocycles. The van der Waals surface area contributed by atoms with Crippen molar-refractivity contribution in [1.29, 1.82) is 0 Å². The van der Waals surface area contributed by atoms with Gasteiger partial charge in [0.25, 0.3) is 0 Å². The molecular weight excluding hydrogens is 304 g/mol. The van der Waals surface area contributed by atoms with Gasteiger partial charge < -0.3 is 14.9 Å². The first kappa shape index (κ1) is 20.1. The van der Waals surface area contributed by atoms with Crippen LogP contribution in [-0.4, -0.2) is 35.5 Å². The van der Waals surface area contributed by atoms with Gasteiger partial charge in [-0.3, -0.25) is 4.79 Å². The second-order valence-electron chi connectivity index (χ2n) is 6.21. The molecular formula is C20H28O4. The Balaban J connectivity index is 2.69. The van der Waals surface area contributed by atoms with Gasteiger partial charge in [0.1, 0.15) is 0 Å². The molecule has 0 aliphatic heterocycles. The van der Waals surface area contributed by atoms with Crippen LogP contribution in [0.15, 0.2) is 54.1 Å². The number of ether oxygens (including phenoxy) is 1. The van der Waals surface area contributed by atoms with E-state index >= 15 is 0 Å². The number of aliphatic carboxylic acids is 1. The Hall–Kier alpha value is -1.91. The number of aliphatic hydroxyl groups excluding tert-OH is 1. The van der Waals surface area contributed by atoms with E-state index in [4.69, 9.17) is 9.84 Å². The summed E-state index contributed by atoms with van der Waals surface area (Å²) in [7, 11) is 1.71. The minimum Gasteiger partial charge on any atom is -0.481 e. The van der Waals surface area contributed by atoms with Crippen LogP contribution in [0.25, 0.3) is 0 Å². The summed E-state index contributed by atoms with van der Waals surface area (Å²) in [5.41, 5.74) is 2.19. The summed E-state index contributed by atoms with van der Waals surface area (Å²) in [4.78, 5) is 10.8. The van der Waals surface area contributed by atoms with Gasteiger partial charge in [-0.15, -0.1) is 0 Å². The standard InChI is InChI=1S/C20H28O4/c1-14(10-11-18(21)16(3)20(22)23)12-15(2)19(24-4)13-17-8-6-5-7-9-17/h5-12,15-16,18-19,21H,13H2,1-4H3,(H,22,23)/b11-10+,14-12+/t15-,16-,18+,19-/m0/s1. The maximum Gasteiger partial charge on any atom is 0.309 e. The first-order valence-electron chi connectivity index (χ1n) is 8.19. The minimum atomic E-state index is -1.01.